The zero-order valence-corrected chi connectivity index (χ0v) is 11.7. The Balaban J connectivity index is 2.86. The number of carbonyl (C=O) groups excluding carboxylic acids is 1. The van der Waals surface area contributed by atoms with Crippen LogP contribution in [0.5, 0.6) is 0 Å². The first-order valence-corrected chi connectivity index (χ1v) is 6.26. The molecule has 0 unspecified atom stereocenters. The molecule has 0 fully saturated rings. The highest BCUT2D eigenvalue weighted by Crippen LogP contribution is 2.18. The Hall–Kier alpha value is -0.800. The summed E-state index contributed by atoms with van der Waals surface area (Å²) in [5.74, 6) is -0.295. The standard InChI is InChI=1S/C12H16Cl2N2O/c1-4-7-12(2,3)16-11(17)10-8(13)5-6-9(14)15-10/h5-6H,4,7H2,1-3H3,(H,16,17). The lowest BCUT2D eigenvalue weighted by Gasteiger charge is -2.25. The van der Waals surface area contributed by atoms with Crippen molar-refractivity contribution >= 4 is 29.1 Å². The molecule has 0 aliphatic rings. The third-order valence-corrected chi connectivity index (χ3v) is 2.87. The molecular formula is C12H16Cl2N2O. The Bertz CT molecular complexity index is 419. The fraction of sp³-hybridized carbons (Fsp3) is 0.500. The summed E-state index contributed by atoms with van der Waals surface area (Å²) in [6.45, 7) is 6.00. The van der Waals surface area contributed by atoms with Crippen molar-refractivity contribution in [1.29, 1.82) is 0 Å². The monoisotopic (exact) mass is 274 g/mol. The average molecular weight is 275 g/mol. The molecule has 0 saturated carbocycles. The molecule has 0 bridgehead atoms. The molecule has 1 amide bonds. The van der Waals surface area contributed by atoms with Gasteiger partial charge in [0, 0.05) is 5.54 Å². The summed E-state index contributed by atoms with van der Waals surface area (Å²) >= 11 is 11.7. The first-order valence-electron chi connectivity index (χ1n) is 5.50. The molecular weight excluding hydrogens is 259 g/mol. The van der Waals surface area contributed by atoms with Crippen molar-refractivity contribution in [3.63, 3.8) is 0 Å². The summed E-state index contributed by atoms with van der Waals surface area (Å²) in [5.41, 5.74) is -0.109. The summed E-state index contributed by atoms with van der Waals surface area (Å²) in [7, 11) is 0. The van der Waals surface area contributed by atoms with E-state index in [-0.39, 0.29) is 22.3 Å². The summed E-state index contributed by atoms with van der Waals surface area (Å²) in [6.07, 6.45) is 1.88. The van der Waals surface area contributed by atoms with Gasteiger partial charge in [0.25, 0.3) is 5.91 Å². The van der Waals surface area contributed by atoms with Gasteiger partial charge in [0.1, 0.15) is 10.8 Å². The molecule has 3 nitrogen and oxygen atoms in total. The van der Waals surface area contributed by atoms with Crippen LogP contribution in [0.2, 0.25) is 10.2 Å². The lowest BCUT2D eigenvalue weighted by molar-refractivity contribution is 0.0904. The van der Waals surface area contributed by atoms with Crippen LogP contribution in [0.15, 0.2) is 12.1 Å². The fourth-order valence-electron chi connectivity index (χ4n) is 1.63. The Morgan fingerprint density at radius 3 is 2.65 bits per heavy atom. The average Bonchev–Trinajstić information content (AvgIpc) is 2.20. The molecule has 1 aromatic rings. The minimum Gasteiger partial charge on any atom is -0.346 e. The minimum atomic E-state index is -0.295. The van der Waals surface area contributed by atoms with Gasteiger partial charge >= 0.3 is 0 Å². The van der Waals surface area contributed by atoms with E-state index in [1.54, 1.807) is 12.1 Å². The van der Waals surface area contributed by atoms with E-state index < -0.39 is 0 Å². The van der Waals surface area contributed by atoms with Crippen molar-refractivity contribution in [3.8, 4) is 0 Å². The van der Waals surface area contributed by atoms with E-state index in [0.29, 0.717) is 5.02 Å². The van der Waals surface area contributed by atoms with Crippen LogP contribution in [0.1, 0.15) is 44.1 Å². The molecule has 94 valence electrons. The maximum atomic E-state index is 12.0. The van der Waals surface area contributed by atoms with Gasteiger partial charge in [0.05, 0.1) is 5.02 Å². The molecule has 1 heterocycles. The Kier molecular flexibility index (Phi) is 4.78. The summed E-state index contributed by atoms with van der Waals surface area (Å²) in [4.78, 5) is 15.9. The van der Waals surface area contributed by atoms with Crippen LogP contribution in [0.3, 0.4) is 0 Å². The van der Waals surface area contributed by atoms with Crippen LogP contribution in [0.25, 0.3) is 0 Å². The van der Waals surface area contributed by atoms with E-state index >= 15 is 0 Å². The molecule has 0 radical (unpaired) electrons. The number of carbonyl (C=O) groups is 1. The van der Waals surface area contributed by atoms with Crippen LogP contribution in [-0.4, -0.2) is 16.4 Å². The largest absolute Gasteiger partial charge is 0.346 e. The number of aromatic nitrogens is 1. The van der Waals surface area contributed by atoms with Crippen molar-refractivity contribution in [2.24, 2.45) is 0 Å². The van der Waals surface area contributed by atoms with Gasteiger partial charge in [-0.25, -0.2) is 4.98 Å². The second-order valence-corrected chi connectivity index (χ2v) is 5.35. The Labute approximate surface area is 112 Å². The molecule has 0 spiro atoms. The van der Waals surface area contributed by atoms with Gasteiger partial charge in [-0.3, -0.25) is 4.79 Å². The second-order valence-electron chi connectivity index (χ2n) is 4.55. The van der Waals surface area contributed by atoms with Crippen LogP contribution >= 0.6 is 23.2 Å². The van der Waals surface area contributed by atoms with E-state index in [9.17, 15) is 4.79 Å². The second kappa shape index (κ2) is 5.69. The third-order valence-electron chi connectivity index (χ3n) is 2.35. The number of hydrogen-bond acceptors (Lipinski definition) is 2. The Morgan fingerprint density at radius 2 is 2.06 bits per heavy atom. The SMILES string of the molecule is CCCC(C)(C)NC(=O)c1nc(Cl)ccc1Cl. The van der Waals surface area contributed by atoms with Gasteiger partial charge in [-0.1, -0.05) is 36.5 Å². The highest BCUT2D eigenvalue weighted by atomic mass is 35.5. The molecule has 17 heavy (non-hydrogen) atoms. The number of nitrogens with one attached hydrogen (secondary N) is 1. The molecule has 5 heteroatoms. The lowest BCUT2D eigenvalue weighted by atomic mass is 9.99. The zero-order valence-electron chi connectivity index (χ0n) is 10.2. The molecule has 1 N–H and O–H groups in total. The van der Waals surface area contributed by atoms with E-state index in [1.807, 2.05) is 13.8 Å². The maximum absolute atomic E-state index is 12.0. The summed E-state index contributed by atoms with van der Waals surface area (Å²) in [6, 6.07) is 3.12. The van der Waals surface area contributed by atoms with Crippen molar-refractivity contribution in [1.82, 2.24) is 10.3 Å². The van der Waals surface area contributed by atoms with Crippen molar-refractivity contribution in [2.45, 2.75) is 39.2 Å². The highest BCUT2D eigenvalue weighted by Gasteiger charge is 2.22. The highest BCUT2D eigenvalue weighted by molar-refractivity contribution is 6.34. The molecule has 0 aliphatic heterocycles. The van der Waals surface area contributed by atoms with Crippen LogP contribution in [0, 0.1) is 0 Å². The van der Waals surface area contributed by atoms with Crippen molar-refractivity contribution < 1.29 is 4.79 Å². The predicted octanol–water partition coefficient (Wildman–Crippen LogP) is 3.70. The Morgan fingerprint density at radius 1 is 1.41 bits per heavy atom. The van der Waals surface area contributed by atoms with Gasteiger partial charge in [0.15, 0.2) is 0 Å². The van der Waals surface area contributed by atoms with Crippen LogP contribution in [0.4, 0.5) is 0 Å². The quantitative estimate of drug-likeness (QED) is 0.851. The fourth-order valence-corrected chi connectivity index (χ4v) is 1.97. The van der Waals surface area contributed by atoms with Crippen LogP contribution < -0.4 is 5.32 Å². The van der Waals surface area contributed by atoms with Gasteiger partial charge in [0.2, 0.25) is 0 Å². The third kappa shape index (κ3) is 4.17. The lowest BCUT2D eigenvalue weighted by Crippen LogP contribution is -2.43. The van der Waals surface area contributed by atoms with E-state index in [4.69, 9.17) is 23.2 Å². The van der Waals surface area contributed by atoms with E-state index in [2.05, 4.69) is 17.2 Å². The number of nitrogens with zero attached hydrogens (tertiary/aromatic N) is 1. The smallest absolute Gasteiger partial charge is 0.271 e. The molecule has 0 saturated heterocycles. The number of rotatable bonds is 4. The number of pyridine rings is 1. The maximum Gasteiger partial charge on any atom is 0.271 e. The first kappa shape index (κ1) is 14.3. The van der Waals surface area contributed by atoms with Crippen molar-refractivity contribution in [2.75, 3.05) is 0 Å². The summed E-state index contributed by atoms with van der Waals surface area (Å²) < 4.78 is 0. The van der Waals surface area contributed by atoms with Crippen LogP contribution in [-0.2, 0) is 0 Å². The predicted molar refractivity (Wildman–Crippen MR) is 70.7 cm³/mol. The molecule has 0 aromatic carbocycles. The zero-order chi connectivity index (χ0) is 13.1. The topological polar surface area (TPSA) is 42.0 Å². The van der Waals surface area contributed by atoms with Gasteiger partial charge in [-0.05, 0) is 32.4 Å². The summed E-state index contributed by atoms with van der Waals surface area (Å²) in [5, 5.41) is 3.46. The molecule has 0 atom stereocenters. The number of hydrogen-bond donors (Lipinski definition) is 1. The first-order chi connectivity index (χ1) is 7.85. The number of halogens is 2. The van der Waals surface area contributed by atoms with Gasteiger partial charge in [-0.2, -0.15) is 0 Å². The molecule has 1 aromatic heterocycles. The van der Waals surface area contributed by atoms with Crippen molar-refractivity contribution in [3.05, 3.63) is 28.0 Å². The van der Waals surface area contributed by atoms with Gasteiger partial charge < -0.3 is 5.32 Å². The molecule has 0 aliphatic carbocycles. The number of amides is 1. The van der Waals surface area contributed by atoms with E-state index in [0.717, 1.165) is 12.8 Å². The van der Waals surface area contributed by atoms with Gasteiger partial charge in [-0.15, -0.1) is 0 Å². The minimum absolute atomic E-state index is 0.170. The normalized spacial score (nSPS) is 11.4. The molecule has 1 rings (SSSR count). The van der Waals surface area contributed by atoms with E-state index in [1.165, 1.54) is 0 Å².